The summed E-state index contributed by atoms with van der Waals surface area (Å²) in [6.07, 6.45) is 7.88. The number of anilines is 1. The number of hydrogen-bond acceptors (Lipinski definition) is 9. The van der Waals surface area contributed by atoms with Crippen molar-refractivity contribution in [1.82, 2.24) is 29.9 Å². The number of amides is 1. The standard InChI is InChI=1S/C17H15N7O2S2.CH2O2/c25-15(13-9-28-16(22-13)10-5-19-20-6-10)21-12-7-24(11-1-3-26-8-11)23-14(12)17-18-2-4-27-17;2-1-3/h2,4-7,9,11H,1,3,8H2,(H,19,20)(H,21,25);1H,(H,2,3). The summed E-state index contributed by atoms with van der Waals surface area (Å²) >= 11 is 2.87. The molecule has 160 valence electrons. The summed E-state index contributed by atoms with van der Waals surface area (Å²) in [6, 6.07) is 0.163. The molecule has 4 aromatic heterocycles. The number of nitrogens with zero attached hydrogens (tertiary/aromatic N) is 5. The molecule has 31 heavy (non-hydrogen) atoms. The number of ether oxygens (including phenoxy) is 1. The number of aromatic nitrogens is 6. The van der Waals surface area contributed by atoms with Gasteiger partial charge in [0.2, 0.25) is 0 Å². The lowest BCUT2D eigenvalue weighted by Crippen LogP contribution is -2.12. The summed E-state index contributed by atoms with van der Waals surface area (Å²) in [5.74, 6) is -0.286. The molecule has 1 aliphatic heterocycles. The molecule has 1 saturated heterocycles. The molecule has 0 spiro atoms. The number of nitrogens with one attached hydrogen (secondary N) is 2. The van der Waals surface area contributed by atoms with Gasteiger partial charge in [-0.1, -0.05) is 0 Å². The van der Waals surface area contributed by atoms with Crippen LogP contribution in [-0.2, 0) is 9.53 Å². The zero-order valence-corrected chi connectivity index (χ0v) is 17.6. The van der Waals surface area contributed by atoms with Gasteiger partial charge in [-0.15, -0.1) is 22.7 Å². The van der Waals surface area contributed by atoms with Crippen LogP contribution >= 0.6 is 22.7 Å². The van der Waals surface area contributed by atoms with Crippen LogP contribution in [0.3, 0.4) is 0 Å². The van der Waals surface area contributed by atoms with Crippen LogP contribution in [0.1, 0.15) is 23.0 Å². The van der Waals surface area contributed by atoms with E-state index in [-0.39, 0.29) is 18.4 Å². The molecule has 13 heteroatoms. The van der Waals surface area contributed by atoms with Crippen LogP contribution in [-0.4, -0.2) is 60.6 Å². The third kappa shape index (κ3) is 4.68. The lowest BCUT2D eigenvalue weighted by atomic mass is 10.3. The molecular formula is C18H17N7O4S2. The van der Waals surface area contributed by atoms with E-state index >= 15 is 0 Å². The lowest BCUT2D eigenvalue weighted by Gasteiger charge is -2.06. The van der Waals surface area contributed by atoms with Crippen molar-refractivity contribution in [1.29, 1.82) is 0 Å². The minimum absolute atomic E-state index is 0.163. The molecule has 1 aliphatic rings. The van der Waals surface area contributed by atoms with Gasteiger partial charge in [0.05, 0.1) is 24.5 Å². The monoisotopic (exact) mass is 459 g/mol. The molecule has 3 N–H and O–H groups in total. The smallest absolute Gasteiger partial charge is 0.290 e. The van der Waals surface area contributed by atoms with Gasteiger partial charge in [0.25, 0.3) is 12.4 Å². The number of aromatic amines is 1. The highest BCUT2D eigenvalue weighted by Crippen LogP contribution is 2.31. The molecule has 1 unspecified atom stereocenters. The van der Waals surface area contributed by atoms with Crippen LogP contribution < -0.4 is 5.32 Å². The second-order valence-electron chi connectivity index (χ2n) is 6.31. The number of thiazole rings is 2. The first-order chi connectivity index (χ1) is 15.2. The maximum atomic E-state index is 12.8. The van der Waals surface area contributed by atoms with Gasteiger partial charge < -0.3 is 15.2 Å². The molecule has 1 fully saturated rings. The zero-order valence-electron chi connectivity index (χ0n) is 16.0. The highest BCUT2D eigenvalue weighted by molar-refractivity contribution is 7.13. The number of carboxylic acid groups (broad SMARTS) is 1. The first-order valence-electron chi connectivity index (χ1n) is 9.10. The van der Waals surface area contributed by atoms with Crippen molar-refractivity contribution < 1.29 is 19.4 Å². The van der Waals surface area contributed by atoms with Crippen LogP contribution in [0.5, 0.6) is 0 Å². The Kier molecular flexibility index (Phi) is 6.45. The van der Waals surface area contributed by atoms with Crippen molar-refractivity contribution in [3.8, 4) is 21.3 Å². The van der Waals surface area contributed by atoms with Gasteiger partial charge in [0.1, 0.15) is 21.4 Å². The lowest BCUT2D eigenvalue weighted by molar-refractivity contribution is -0.122. The van der Waals surface area contributed by atoms with Crippen LogP contribution in [0.15, 0.2) is 35.5 Å². The molecule has 1 atom stereocenters. The first-order valence-corrected chi connectivity index (χ1v) is 10.9. The summed E-state index contributed by atoms with van der Waals surface area (Å²) in [7, 11) is 0. The van der Waals surface area contributed by atoms with Crippen LogP contribution in [0, 0.1) is 0 Å². The molecule has 0 radical (unpaired) electrons. The fraction of sp³-hybridized carbons (Fsp3) is 0.222. The Hall–Kier alpha value is -3.42. The Morgan fingerprint density at radius 3 is 2.94 bits per heavy atom. The Labute approximate surface area is 183 Å². The maximum absolute atomic E-state index is 12.8. The van der Waals surface area contributed by atoms with E-state index in [1.165, 1.54) is 22.7 Å². The van der Waals surface area contributed by atoms with Crippen molar-refractivity contribution in [3.63, 3.8) is 0 Å². The molecule has 5 rings (SSSR count). The predicted molar refractivity (Wildman–Crippen MR) is 114 cm³/mol. The fourth-order valence-corrected chi connectivity index (χ4v) is 4.38. The number of hydrogen-bond donors (Lipinski definition) is 3. The van der Waals surface area contributed by atoms with Crippen LogP contribution in [0.4, 0.5) is 5.69 Å². The van der Waals surface area contributed by atoms with Crippen LogP contribution in [0.25, 0.3) is 21.3 Å². The summed E-state index contributed by atoms with van der Waals surface area (Å²) in [4.78, 5) is 29.9. The fourth-order valence-electron chi connectivity index (χ4n) is 2.96. The Bertz CT molecular complexity index is 1130. The second kappa shape index (κ2) is 9.59. The quantitative estimate of drug-likeness (QED) is 0.386. The minimum atomic E-state index is -0.286. The average Bonchev–Trinajstić information content (AvgIpc) is 3.59. The molecule has 5 heterocycles. The van der Waals surface area contributed by atoms with Gasteiger partial charge in [-0.25, -0.2) is 9.97 Å². The minimum Gasteiger partial charge on any atom is -0.483 e. The first kappa shape index (κ1) is 20.8. The third-order valence-electron chi connectivity index (χ3n) is 4.38. The predicted octanol–water partition coefficient (Wildman–Crippen LogP) is 2.77. The van der Waals surface area contributed by atoms with Crippen molar-refractivity contribution >= 4 is 40.7 Å². The average molecular weight is 460 g/mol. The summed E-state index contributed by atoms with van der Waals surface area (Å²) in [6.45, 7) is 1.08. The van der Waals surface area contributed by atoms with Gasteiger partial charge in [-0.3, -0.25) is 19.4 Å². The van der Waals surface area contributed by atoms with E-state index in [9.17, 15) is 4.79 Å². The summed E-state index contributed by atoms with van der Waals surface area (Å²) < 4.78 is 7.32. The zero-order chi connectivity index (χ0) is 21.6. The van der Waals surface area contributed by atoms with Gasteiger partial charge >= 0.3 is 0 Å². The van der Waals surface area contributed by atoms with E-state index in [1.807, 2.05) is 16.3 Å². The van der Waals surface area contributed by atoms with Crippen molar-refractivity contribution in [2.75, 3.05) is 18.5 Å². The Balaban J connectivity index is 0.000000730. The number of carbonyl (C=O) groups excluding carboxylic acids is 1. The largest absolute Gasteiger partial charge is 0.483 e. The van der Waals surface area contributed by atoms with Gasteiger partial charge in [0.15, 0.2) is 0 Å². The van der Waals surface area contributed by atoms with E-state index < -0.39 is 0 Å². The molecule has 0 aliphatic carbocycles. The van der Waals surface area contributed by atoms with Crippen molar-refractivity contribution in [2.24, 2.45) is 0 Å². The van der Waals surface area contributed by atoms with Gasteiger partial charge in [-0.2, -0.15) is 10.2 Å². The highest BCUT2D eigenvalue weighted by atomic mass is 32.1. The van der Waals surface area contributed by atoms with Crippen molar-refractivity contribution in [2.45, 2.75) is 12.5 Å². The molecule has 0 aromatic carbocycles. The summed E-state index contributed by atoms with van der Waals surface area (Å²) in [5.41, 5.74) is 2.47. The van der Waals surface area contributed by atoms with Crippen molar-refractivity contribution in [3.05, 3.63) is 41.2 Å². The van der Waals surface area contributed by atoms with E-state index in [1.54, 1.807) is 24.0 Å². The number of H-pyrrole nitrogens is 1. The number of carbonyl (C=O) groups is 2. The van der Waals surface area contributed by atoms with E-state index in [0.717, 1.165) is 22.0 Å². The SMILES string of the molecule is O=C(Nc1cn(C2CCOC2)nc1-c1nccs1)c1csc(-c2cn[nH]c2)n1.O=CO. The number of rotatable bonds is 5. The van der Waals surface area contributed by atoms with E-state index in [2.05, 4.69) is 30.6 Å². The molecule has 4 aromatic rings. The van der Waals surface area contributed by atoms with Crippen LogP contribution in [0.2, 0.25) is 0 Å². The van der Waals surface area contributed by atoms with E-state index in [4.69, 9.17) is 14.6 Å². The Morgan fingerprint density at radius 2 is 2.26 bits per heavy atom. The normalized spacial score (nSPS) is 15.3. The molecule has 0 bridgehead atoms. The maximum Gasteiger partial charge on any atom is 0.290 e. The molecule has 11 nitrogen and oxygen atoms in total. The molecule has 1 amide bonds. The third-order valence-corrected chi connectivity index (χ3v) is 6.05. The molecular weight excluding hydrogens is 442 g/mol. The van der Waals surface area contributed by atoms with Gasteiger partial charge in [0, 0.05) is 41.5 Å². The second-order valence-corrected chi connectivity index (χ2v) is 8.06. The van der Waals surface area contributed by atoms with E-state index in [0.29, 0.717) is 30.3 Å². The summed E-state index contributed by atoms with van der Waals surface area (Å²) in [5, 5.41) is 26.3. The van der Waals surface area contributed by atoms with Gasteiger partial charge in [-0.05, 0) is 6.42 Å². The topological polar surface area (TPSA) is 148 Å². The Morgan fingerprint density at radius 1 is 1.39 bits per heavy atom. The molecule has 0 saturated carbocycles. The highest BCUT2D eigenvalue weighted by Gasteiger charge is 2.23.